The molecule has 0 heterocycles. The Morgan fingerprint density at radius 1 is 1.10 bits per heavy atom. The Labute approximate surface area is 173 Å². The predicted octanol–water partition coefficient (Wildman–Crippen LogP) is 2.40. The van der Waals surface area contributed by atoms with Gasteiger partial charge in [-0.1, -0.05) is 26.7 Å². The van der Waals surface area contributed by atoms with Crippen LogP contribution in [0.4, 0.5) is 0 Å². The molecular weight excluding hydrogens is 370 g/mol. The number of hydrogen-bond donors (Lipinski definition) is 3. The summed E-state index contributed by atoms with van der Waals surface area (Å²) in [5.41, 5.74) is 0.461. The van der Waals surface area contributed by atoms with E-state index in [1.807, 2.05) is 20.8 Å². The van der Waals surface area contributed by atoms with Crippen molar-refractivity contribution in [2.24, 2.45) is 5.92 Å². The Balaban J connectivity index is 1.81. The van der Waals surface area contributed by atoms with Crippen LogP contribution in [0.3, 0.4) is 0 Å². The molecular formula is C22H33N3O4. The molecule has 3 amide bonds. The smallest absolute Gasteiger partial charge is 0.251 e. The lowest BCUT2D eigenvalue weighted by Gasteiger charge is -2.22. The van der Waals surface area contributed by atoms with Crippen molar-refractivity contribution in [1.29, 1.82) is 0 Å². The summed E-state index contributed by atoms with van der Waals surface area (Å²) in [6.45, 7) is 6.44. The molecule has 1 aliphatic rings. The van der Waals surface area contributed by atoms with Gasteiger partial charge in [-0.15, -0.1) is 0 Å². The summed E-state index contributed by atoms with van der Waals surface area (Å²) in [7, 11) is 0. The highest BCUT2D eigenvalue weighted by Gasteiger charge is 2.25. The molecule has 0 spiro atoms. The van der Waals surface area contributed by atoms with Gasteiger partial charge in [0.15, 0.2) is 0 Å². The van der Waals surface area contributed by atoms with Crippen LogP contribution < -0.4 is 20.7 Å². The Kier molecular flexibility index (Phi) is 8.96. The number of carbonyl (C=O) groups is 3. The van der Waals surface area contributed by atoms with E-state index in [0.29, 0.717) is 17.9 Å². The van der Waals surface area contributed by atoms with Gasteiger partial charge in [0.2, 0.25) is 11.8 Å². The van der Waals surface area contributed by atoms with Crippen molar-refractivity contribution in [3.8, 4) is 5.75 Å². The monoisotopic (exact) mass is 403 g/mol. The zero-order valence-corrected chi connectivity index (χ0v) is 17.6. The van der Waals surface area contributed by atoms with Crippen LogP contribution in [0.25, 0.3) is 0 Å². The van der Waals surface area contributed by atoms with Crippen molar-refractivity contribution in [3.63, 3.8) is 0 Å². The summed E-state index contributed by atoms with van der Waals surface area (Å²) in [6, 6.07) is 6.39. The summed E-state index contributed by atoms with van der Waals surface area (Å²) < 4.78 is 5.37. The largest absolute Gasteiger partial charge is 0.494 e. The zero-order chi connectivity index (χ0) is 21.2. The molecule has 0 radical (unpaired) electrons. The average Bonchev–Trinajstić information content (AvgIpc) is 3.19. The maximum Gasteiger partial charge on any atom is 0.251 e. The molecule has 0 aromatic heterocycles. The van der Waals surface area contributed by atoms with E-state index < -0.39 is 6.04 Å². The van der Waals surface area contributed by atoms with Crippen molar-refractivity contribution in [2.45, 2.75) is 65.0 Å². The van der Waals surface area contributed by atoms with Crippen molar-refractivity contribution in [1.82, 2.24) is 16.0 Å². The van der Waals surface area contributed by atoms with Crippen molar-refractivity contribution >= 4 is 17.7 Å². The van der Waals surface area contributed by atoms with Gasteiger partial charge in [-0.25, -0.2) is 0 Å². The van der Waals surface area contributed by atoms with Crippen LogP contribution in [0, 0.1) is 5.92 Å². The van der Waals surface area contributed by atoms with Crippen molar-refractivity contribution in [3.05, 3.63) is 29.8 Å². The molecule has 7 nitrogen and oxygen atoms in total. The lowest BCUT2D eigenvalue weighted by Crippen LogP contribution is -2.50. The molecule has 7 heteroatoms. The van der Waals surface area contributed by atoms with E-state index in [1.54, 1.807) is 24.3 Å². The minimum atomic E-state index is -0.674. The quantitative estimate of drug-likeness (QED) is 0.559. The number of amides is 3. The van der Waals surface area contributed by atoms with Crippen LogP contribution >= 0.6 is 0 Å². The van der Waals surface area contributed by atoms with E-state index in [4.69, 9.17) is 4.74 Å². The molecule has 1 fully saturated rings. The Morgan fingerprint density at radius 2 is 1.76 bits per heavy atom. The second kappa shape index (κ2) is 11.4. The van der Waals surface area contributed by atoms with Crippen LogP contribution in [0.5, 0.6) is 5.75 Å². The first-order chi connectivity index (χ1) is 13.9. The third-order valence-corrected chi connectivity index (χ3v) is 5.03. The summed E-state index contributed by atoms with van der Waals surface area (Å²) in [4.78, 5) is 37.0. The molecule has 1 aliphatic carbocycles. The van der Waals surface area contributed by atoms with E-state index in [0.717, 1.165) is 25.7 Å². The number of hydrogen-bond acceptors (Lipinski definition) is 4. The normalized spacial score (nSPS) is 15.0. The predicted molar refractivity (Wildman–Crippen MR) is 112 cm³/mol. The molecule has 1 saturated carbocycles. The fraction of sp³-hybridized carbons (Fsp3) is 0.591. The highest BCUT2D eigenvalue weighted by atomic mass is 16.5. The molecule has 1 unspecified atom stereocenters. The molecule has 0 aliphatic heterocycles. The number of nitrogens with one attached hydrogen (secondary N) is 3. The van der Waals surface area contributed by atoms with E-state index in [1.165, 1.54) is 0 Å². The summed E-state index contributed by atoms with van der Waals surface area (Å²) >= 11 is 0. The third kappa shape index (κ3) is 7.40. The standard InChI is InChI=1S/C22H33N3O4/c1-4-29-18-11-9-16(10-12-18)21(27)25-20(15(2)3)22(28)23-14-13-19(26)24-17-7-5-6-8-17/h9-12,15,17,20H,4-8,13-14H2,1-3H3,(H,23,28)(H,24,26)(H,25,27). The molecule has 1 atom stereocenters. The number of rotatable bonds is 10. The average molecular weight is 404 g/mol. The van der Waals surface area contributed by atoms with Gasteiger partial charge in [0.05, 0.1) is 6.61 Å². The van der Waals surface area contributed by atoms with E-state index in [2.05, 4.69) is 16.0 Å². The van der Waals surface area contributed by atoms with Crippen molar-refractivity contribution < 1.29 is 19.1 Å². The van der Waals surface area contributed by atoms with Gasteiger partial charge in [0.25, 0.3) is 5.91 Å². The van der Waals surface area contributed by atoms with Crippen molar-refractivity contribution in [2.75, 3.05) is 13.2 Å². The van der Waals surface area contributed by atoms with Crippen LogP contribution in [0.1, 0.15) is 63.2 Å². The van der Waals surface area contributed by atoms with Gasteiger partial charge in [0, 0.05) is 24.6 Å². The van der Waals surface area contributed by atoms with Gasteiger partial charge in [-0.05, 0) is 49.9 Å². The Hall–Kier alpha value is -2.57. The summed E-state index contributed by atoms with van der Waals surface area (Å²) in [6.07, 6.45) is 4.62. The number of ether oxygens (including phenoxy) is 1. The zero-order valence-electron chi connectivity index (χ0n) is 17.6. The molecule has 0 saturated heterocycles. The summed E-state index contributed by atoms with van der Waals surface area (Å²) in [5.74, 6) is -0.0439. The van der Waals surface area contributed by atoms with Crippen LogP contribution in [-0.2, 0) is 9.59 Å². The molecule has 1 aromatic rings. The maximum atomic E-state index is 12.5. The van der Waals surface area contributed by atoms with Gasteiger partial charge in [-0.2, -0.15) is 0 Å². The fourth-order valence-electron chi connectivity index (χ4n) is 3.41. The lowest BCUT2D eigenvalue weighted by atomic mass is 10.0. The van der Waals surface area contributed by atoms with Gasteiger partial charge >= 0.3 is 0 Å². The fourth-order valence-corrected chi connectivity index (χ4v) is 3.41. The van der Waals surface area contributed by atoms with Crippen LogP contribution in [0.2, 0.25) is 0 Å². The van der Waals surface area contributed by atoms with Crippen LogP contribution in [-0.4, -0.2) is 43.0 Å². The van der Waals surface area contributed by atoms with E-state index in [9.17, 15) is 14.4 Å². The SMILES string of the molecule is CCOc1ccc(C(=O)NC(C(=O)NCCC(=O)NC2CCCC2)C(C)C)cc1. The highest BCUT2D eigenvalue weighted by molar-refractivity contribution is 5.97. The number of benzene rings is 1. The highest BCUT2D eigenvalue weighted by Crippen LogP contribution is 2.17. The Morgan fingerprint density at radius 3 is 2.34 bits per heavy atom. The van der Waals surface area contributed by atoms with E-state index in [-0.39, 0.29) is 42.6 Å². The number of carbonyl (C=O) groups excluding carboxylic acids is 3. The first-order valence-corrected chi connectivity index (χ1v) is 10.5. The second-order valence-electron chi connectivity index (χ2n) is 7.74. The van der Waals surface area contributed by atoms with Gasteiger partial charge in [0.1, 0.15) is 11.8 Å². The van der Waals surface area contributed by atoms with Crippen LogP contribution in [0.15, 0.2) is 24.3 Å². The molecule has 3 N–H and O–H groups in total. The lowest BCUT2D eigenvalue weighted by molar-refractivity contribution is -0.124. The van der Waals surface area contributed by atoms with E-state index >= 15 is 0 Å². The summed E-state index contributed by atoms with van der Waals surface area (Å²) in [5, 5.41) is 8.56. The molecule has 1 aromatic carbocycles. The first-order valence-electron chi connectivity index (χ1n) is 10.5. The Bertz CT molecular complexity index is 682. The third-order valence-electron chi connectivity index (χ3n) is 5.03. The molecule has 2 rings (SSSR count). The molecule has 0 bridgehead atoms. The molecule has 160 valence electrons. The molecule has 29 heavy (non-hydrogen) atoms. The minimum Gasteiger partial charge on any atom is -0.494 e. The minimum absolute atomic E-state index is 0.0447. The first kappa shape index (κ1) is 22.7. The van der Waals surface area contributed by atoms with Gasteiger partial charge < -0.3 is 20.7 Å². The second-order valence-corrected chi connectivity index (χ2v) is 7.74. The topological polar surface area (TPSA) is 96.5 Å². The van der Waals surface area contributed by atoms with Gasteiger partial charge in [-0.3, -0.25) is 14.4 Å². The maximum absolute atomic E-state index is 12.5.